The predicted octanol–water partition coefficient (Wildman–Crippen LogP) is 6.08. The van der Waals surface area contributed by atoms with Crippen LogP contribution < -0.4 is 0 Å². The highest BCUT2D eigenvalue weighted by molar-refractivity contribution is 7.99. The Morgan fingerprint density at radius 2 is 1.70 bits per heavy atom. The summed E-state index contributed by atoms with van der Waals surface area (Å²) in [6.45, 7) is 0. The van der Waals surface area contributed by atoms with Crippen molar-refractivity contribution in [1.82, 2.24) is 4.98 Å². The molecule has 0 saturated carbocycles. The normalized spacial score (nSPS) is 10.3. The zero-order valence-electron chi connectivity index (χ0n) is 11.8. The second-order valence-electron chi connectivity index (χ2n) is 4.73. The SMILES string of the molecule is N#Cc1ccc(-c2ccc(Cl)cc2)nc1Sc1cccc(Cl)c1. The molecule has 0 radical (unpaired) electrons. The van der Waals surface area contributed by atoms with Gasteiger partial charge in [-0.15, -0.1) is 0 Å². The average Bonchev–Trinajstić information content (AvgIpc) is 2.55. The van der Waals surface area contributed by atoms with Crippen LogP contribution in [0.5, 0.6) is 0 Å². The molecule has 0 bridgehead atoms. The van der Waals surface area contributed by atoms with Gasteiger partial charge in [-0.3, -0.25) is 0 Å². The first kappa shape index (κ1) is 15.9. The molecule has 1 heterocycles. The molecule has 0 atom stereocenters. The Labute approximate surface area is 148 Å². The van der Waals surface area contributed by atoms with Crippen LogP contribution >= 0.6 is 35.0 Å². The summed E-state index contributed by atoms with van der Waals surface area (Å²) in [5.41, 5.74) is 2.28. The highest BCUT2D eigenvalue weighted by atomic mass is 35.5. The van der Waals surface area contributed by atoms with Crippen molar-refractivity contribution in [3.63, 3.8) is 0 Å². The van der Waals surface area contributed by atoms with E-state index in [1.165, 1.54) is 11.8 Å². The Hall–Kier alpha value is -1.99. The second-order valence-corrected chi connectivity index (χ2v) is 6.66. The summed E-state index contributed by atoms with van der Waals surface area (Å²) in [5.74, 6) is 0. The minimum absolute atomic E-state index is 0.535. The number of halogens is 2. The number of hydrogen-bond acceptors (Lipinski definition) is 3. The van der Waals surface area contributed by atoms with Gasteiger partial charge >= 0.3 is 0 Å². The van der Waals surface area contributed by atoms with E-state index in [4.69, 9.17) is 23.2 Å². The molecule has 0 amide bonds. The van der Waals surface area contributed by atoms with Gasteiger partial charge in [-0.2, -0.15) is 5.26 Å². The van der Waals surface area contributed by atoms with E-state index >= 15 is 0 Å². The van der Waals surface area contributed by atoms with Gasteiger partial charge in [-0.1, -0.05) is 53.2 Å². The van der Waals surface area contributed by atoms with Crippen LogP contribution in [-0.2, 0) is 0 Å². The molecule has 0 aliphatic rings. The maximum atomic E-state index is 9.30. The minimum Gasteiger partial charge on any atom is -0.240 e. The summed E-state index contributed by atoms with van der Waals surface area (Å²) in [5, 5.41) is 11.3. The molecule has 0 aliphatic carbocycles. The van der Waals surface area contributed by atoms with Crippen LogP contribution in [0.15, 0.2) is 70.6 Å². The Balaban J connectivity index is 2.00. The lowest BCUT2D eigenvalue weighted by atomic mass is 10.1. The number of nitriles is 1. The molecule has 0 aliphatic heterocycles. The topological polar surface area (TPSA) is 36.7 Å². The zero-order valence-corrected chi connectivity index (χ0v) is 14.2. The fraction of sp³-hybridized carbons (Fsp3) is 0. The molecule has 5 heteroatoms. The molecule has 1 aromatic heterocycles. The van der Waals surface area contributed by atoms with Crippen LogP contribution in [0.25, 0.3) is 11.3 Å². The number of pyridine rings is 1. The smallest absolute Gasteiger partial charge is 0.119 e. The fourth-order valence-electron chi connectivity index (χ4n) is 2.03. The third-order valence-electron chi connectivity index (χ3n) is 3.13. The molecule has 23 heavy (non-hydrogen) atoms. The molecular formula is C18H10Cl2N2S. The average molecular weight is 357 g/mol. The van der Waals surface area contributed by atoms with Crippen LogP contribution in [0.3, 0.4) is 0 Å². The van der Waals surface area contributed by atoms with Crippen LogP contribution in [0.4, 0.5) is 0 Å². The summed E-state index contributed by atoms with van der Waals surface area (Å²) in [4.78, 5) is 5.56. The van der Waals surface area contributed by atoms with Crippen molar-refractivity contribution in [3.05, 3.63) is 76.3 Å². The standard InChI is InChI=1S/C18H10Cl2N2S/c19-14-7-4-12(5-8-14)17-9-6-13(11-21)18(22-17)23-16-3-1-2-15(20)10-16/h1-10H. The summed E-state index contributed by atoms with van der Waals surface area (Å²) in [7, 11) is 0. The van der Waals surface area contributed by atoms with Crippen LogP contribution in [0.2, 0.25) is 10.0 Å². The highest BCUT2D eigenvalue weighted by Crippen LogP contribution is 2.32. The van der Waals surface area contributed by atoms with Crippen molar-refractivity contribution < 1.29 is 0 Å². The van der Waals surface area contributed by atoms with Gasteiger partial charge in [-0.25, -0.2) is 4.98 Å². The van der Waals surface area contributed by atoms with Crippen molar-refractivity contribution in [2.24, 2.45) is 0 Å². The van der Waals surface area contributed by atoms with Gasteiger partial charge in [0.25, 0.3) is 0 Å². The lowest BCUT2D eigenvalue weighted by Crippen LogP contribution is -1.90. The fourth-order valence-corrected chi connectivity index (χ4v) is 3.33. The Morgan fingerprint density at radius 3 is 2.39 bits per heavy atom. The predicted molar refractivity (Wildman–Crippen MR) is 95.0 cm³/mol. The van der Waals surface area contributed by atoms with Gasteiger partial charge in [0, 0.05) is 20.5 Å². The molecule has 0 N–H and O–H groups in total. The van der Waals surface area contributed by atoms with E-state index in [-0.39, 0.29) is 0 Å². The zero-order chi connectivity index (χ0) is 16.2. The quantitative estimate of drug-likeness (QED) is 0.570. The van der Waals surface area contributed by atoms with Crippen molar-refractivity contribution in [2.75, 3.05) is 0 Å². The molecule has 0 unspecified atom stereocenters. The first-order valence-corrected chi connectivity index (χ1v) is 8.33. The molecular weight excluding hydrogens is 347 g/mol. The number of nitrogens with zero attached hydrogens (tertiary/aromatic N) is 2. The minimum atomic E-state index is 0.535. The van der Waals surface area contributed by atoms with Crippen LogP contribution in [0.1, 0.15) is 5.56 Å². The molecule has 3 aromatic rings. The van der Waals surface area contributed by atoms with Gasteiger partial charge in [-0.05, 0) is 42.5 Å². The monoisotopic (exact) mass is 356 g/mol. The Bertz CT molecular complexity index is 886. The van der Waals surface area contributed by atoms with Crippen molar-refractivity contribution >= 4 is 35.0 Å². The van der Waals surface area contributed by atoms with Gasteiger partial charge in [0.2, 0.25) is 0 Å². The van der Waals surface area contributed by atoms with E-state index in [9.17, 15) is 5.26 Å². The number of hydrogen-bond donors (Lipinski definition) is 0. The molecule has 112 valence electrons. The third-order valence-corrected chi connectivity index (χ3v) is 4.61. The molecule has 0 fully saturated rings. The van der Waals surface area contributed by atoms with Crippen molar-refractivity contribution in [1.29, 1.82) is 5.26 Å². The van der Waals surface area contributed by atoms with E-state index in [2.05, 4.69) is 11.1 Å². The van der Waals surface area contributed by atoms with Crippen molar-refractivity contribution in [3.8, 4) is 17.3 Å². The molecule has 2 aromatic carbocycles. The maximum absolute atomic E-state index is 9.30. The van der Waals surface area contributed by atoms with E-state index < -0.39 is 0 Å². The lowest BCUT2D eigenvalue weighted by molar-refractivity contribution is 1.11. The molecule has 0 spiro atoms. The first-order chi connectivity index (χ1) is 11.2. The lowest BCUT2D eigenvalue weighted by Gasteiger charge is -2.07. The van der Waals surface area contributed by atoms with Gasteiger partial charge in [0.1, 0.15) is 11.1 Å². The van der Waals surface area contributed by atoms with E-state index in [1.807, 2.05) is 54.6 Å². The number of benzene rings is 2. The Morgan fingerprint density at radius 1 is 0.913 bits per heavy atom. The molecule has 2 nitrogen and oxygen atoms in total. The van der Waals surface area contributed by atoms with Crippen LogP contribution in [-0.4, -0.2) is 4.98 Å². The maximum Gasteiger partial charge on any atom is 0.119 e. The Kier molecular flexibility index (Phi) is 4.88. The third kappa shape index (κ3) is 3.86. The van der Waals surface area contributed by atoms with E-state index in [0.29, 0.717) is 20.6 Å². The number of aromatic nitrogens is 1. The first-order valence-electron chi connectivity index (χ1n) is 6.76. The van der Waals surface area contributed by atoms with Gasteiger partial charge < -0.3 is 0 Å². The highest BCUT2D eigenvalue weighted by Gasteiger charge is 2.09. The second kappa shape index (κ2) is 7.06. The molecule has 0 saturated heterocycles. The van der Waals surface area contributed by atoms with E-state index in [1.54, 1.807) is 6.07 Å². The number of rotatable bonds is 3. The molecule has 3 rings (SSSR count). The van der Waals surface area contributed by atoms with Gasteiger partial charge in [0.15, 0.2) is 0 Å². The van der Waals surface area contributed by atoms with Crippen LogP contribution in [0, 0.1) is 11.3 Å². The largest absolute Gasteiger partial charge is 0.240 e. The summed E-state index contributed by atoms with van der Waals surface area (Å²) >= 11 is 13.4. The van der Waals surface area contributed by atoms with E-state index in [0.717, 1.165) is 16.2 Å². The van der Waals surface area contributed by atoms with Gasteiger partial charge in [0.05, 0.1) is 11.3 Å². The summed E-state index contributed by atoms with van der Waals surface area (Å²) in [6.07, 6.45) is 0. The summed E-state index contributed by atoms with van der Waals surface area (Å²) in [6, 6.07) is 20.7. The van der Waals surface area contributed by atoms with Crippen molar-refractivity contribution in [2.45, 2.75) is 9.92 Å². The summed E-state index contributed by atoms with van der Waals surface area (Å²) < 4.78 is 0.